The zero-order valence-corrected chi connectivity index (χ0v) is 14.2. The maximum absolute atomic E-state index is 8.63. The van der Waals surface area contributed by atoms with E-state index in [4.69, 9.17) is 27.9 Å². The predicted molar refractivity (Wildman–Crippen MR) is 66.9 cm³/mol. The van der Waals surface area contributed by atoms with Crippen molar-refractivity contribution in [1.82, 2.24) is 0 Å². The third-order valence-electron chi connectivity index (χ3n) is 1.87. The zero-order chi connectivity index (χ0) is 12.7. The van der Waals surface area contributed by atoms with Crippen molar-refractivity contribution in [2.75, 3.05) is 11.9 Å². The van der Waals surface area contributed by atoms with Crippen LogP contribution >= 0.6 is 0 Å². The molecule has 6 heteroatoms. The second-order valence-corrected chi connectivity index (χ2v) is 3.42. The monoisotopic (exact) mass is 283 g/mol. The van der Waals surface area contributed by atoms with Crippen LogP contribution in [-0.4, -0.2) is 6.61 Å². The Morgan fingerprint density at radius 3 is 2.28 bits per heavy atom. The van der Waals surface area contributed by atoms with Crippen molar-refractivity contribution in [2.24, 2.45) is 0 Å². The molecule has 86 valence electrons. The van der Waals surface area contributed by atoms with E-state index >= 15 is 0 Å². The summed E-state index contributed by atoms with van der Waals surface area (Å²) < 4.78 is 5.29. The molecule has 4 nitrogen and oxygen atoms in total. The maximum Gasteiger partial charge on any atom is 1.00 e. The molecule has 1 rings (SSSR count). The topological polar surface area (TPSA) is 68.8 Å². The molecule has 0 saturated carbocycles. The number of hydrogen-bond acceptors (Lipinski definition) is 5. The van der Waals surface area contributed by atoms with E-state index in [9.17, 15) is 0 Å². The molecule has 0 amide bonds. The third kappa shape index (κ3) is 5.36. The molecule has 0 aromatic heterocycles. The zero-order valence-electron chi connectivity index (χ0n) is 10.2. The van der Waals surface area contributed by atoms with Crippen LogP contribution in [-0.2, 0) is 12.6 Å². The predicted octanol–water partition coefficient (Wildman–Crippen LogP) is -0.693. The van der Waals surface area contributed by atoms with Gasteiger partial charge in [0.25, 0.3) is 0 Å². The van der Waals surface area contributed by atoms with Gasteiger partial charge < -0.3 is 22.7 Å². The van der Waals surface area contributed by atoms with Gasteiger partial charge in [-0.2, -0.15) is 10.5 Å². The minimum atomic E-state index is -0.103. The first-order valence-electron chi connectivity index (χ1n) is 4.92. The molecule has 0 aliphatic carbocycles. The van der Waals surface area contributed by atoms with Crippen molar-refractivity contribution in [1.29, 1.82) is 10.5 Å². The van der Waals surface area contributed by atoms with Gasteiger partial charge in [0.2, 0.25) is 0 Å². The Morgan fingerprint density at radius 2 is 1.83 bits per heavy atom. The Labute approximate surface area is 154 Å². The number of allylic oxidation sites excluding steroid dienone is 1. The van der Waals surface area contributed by atoms with E-state index in [2.05, 4.69) is 5.32 Å². The van der Waals surface area contributed by atoms with Crippen LogP contribution in [0.15, 0.2) is 34.9 Å². The normalized spacial score (nSPS) is 8.17. The third-order valence-corrected chi connectivity index (χ3v) is 2.18. The van der Waals surface area contributed by atoms with Gasteiger partial charge in [-0.05, 0) is 31.2 Å². The van der Waals surface area contributed by atoms with Gasteiger partial charge in [0.1, 0.15) is 23.5 Å². The fraction of sp³-hybridized carbons (Fsp3) is 0.167. The van der Waals surface area contributed by atoms with Crippen molar-refractivity contribution < 1.29 is 56.1 Å². The van der Waals surface area contributed by atoms with E-state index in [1.165, 1.54) is 0 Å². The summed E-state index contributed by atoms with van der Waals surface area (Å²) in [7, 11) is 0. The molecule has 0 atom stereocenters. The molecule has 0 saturated heterocycles. The molecule has 0 fully saturated rings. The van der Waals surface area contributed by atoms with Crippen LogP contribution in [0, 0.1) is 22.7 Å². The SMILES string of the molecule is CCOc1ccc(NC([S-])=C(C#N)C#N)cc1.[K+]. The van der Waals surface area contributed by atoms with Crippen LogP contribution in [0.25, 0.3) is 0 Å². The second-order valence-electron chi connectivity index (χ2n) is 3.01. The first-order chi connectivity index (χ1) is 8.21. The van der Waals surface area contributed by atoms with Crippen molar-refractivity contribution >= 4 is 18.3 Å². The maximum atomic E-state index is 8.63. The smallest absolute Gasteiger partial charge is 0.760 e. The van der Waals surface area contributed by atoms with E-state index in [0.717, 1.165) is 5.75 Å². The summed E-state index contributed by atoms with van der Waals surface area (Å²) >= 11 is 4.92. The molecule has 18 heavy (non-hydrogen) atoms. The average molecular weight is 283 g/mol. The number of ether oxygens (including phenoxy) is 1. The van der Waals surface area contributed by atoms with Crippen molar-refractivity contribution in [3.8, 4) is 17.9 Å². The fourth-order valence-corrected chi connectivity index (χ4v) is 1.33. The molecule has 0 unspecified atom stereocenters. The number of nitrogens with zero attached hydrogens (tertiary/aromatic N) is 2. The summed E-state index contributed by atoms with van der Waals surface area (Å²) in [6.07, 6.45) is 0. The molecular formula is C12H10KN3OS. The van der Waals surface area contributed by atoms with Gasteiger partial charge in [-0.1, -0.05) is 5.03 Å². The van der Waals surface area contributed by atoms with Gasteiger partial charge >= 0.3 is 51.4 Å². The van der Waals surface area contributed by atoms with Crippen LogP contribution in [0.5, 0.6) is 5.75 Å². The standard InChI is InChI=1S/C12H11N3OS.K/c1-2-16-11-5-3-10(4-6-11)15-12(17)9(7-13)8-14;/h3-6,15,17H,2H2,1H3;/q;+1/p-1. The van der Waals surface area contributed by atoms with E-state index < -0.39 is 0 Å². The van der Waals surface area contributed by atoms with Crippen molar-refractivity contribution in [2.45, 2.75) is 6.92 Å². The number of rotatable bonds is 4. The fourth-order valence-electron chi connectivity index (χ4n) is 1.12. The summed E-state index contributed by atoms with van der Waals surface area (Å²) in [6, 6.07) is 10.6. The van der Waals surface area contributed by atoms with E-state index in [-0.39, 0.29) is 62.0 Å². The Balaban J connectivity index is 0.00000289. The Kier molecular flexibility index (Phi) is 9.03. The summed E-state index contributed by atoms with van der Waals surface area (Å²) in [5.74, 6) is 0.758. The molecule has 1 aromatic rings. The molecule has 0 aliphatic rings. The van der Waals surface area contributed by atoms with Crippen molar-refractivity contribution in [3.63, 3.8) is 0 Å². The number of nitrogens with one attached hydrogen (secondary N) is 1. The molecule has 0 spiro atoms. The van der Waals surface area contributed by atoms with E-state index in [1.54, 1.807) is 36.4 Å². The van der Waals surface area contributed by atoms with Gasteiger partial charge in [0.05, 0.1) is 6.61 Å². The quantitative estimate of drug-likeness (QED) is 0.450. The molecule has 0 radical (unpaired) electrons. The molecule has 1 aromatic carbocycles. The minimum absolute atomic E-state index is 0. The van der Waals surface area contributed by atoms with Gasteiger partial charge in [-0.15, -0.1) is 0 Å². The largest absolute Gasteiger partial charge is 1.00 e. The molecular weight excluding hydrogens is 273 g/mol. The van der Waals surface area contributed by atoms with Crippen molar-refractivity contribution in [3.05, 3.63) is 34.9 Å². The summed E-state index contributed by atoms with van der Waals surface area (Å²) in [4.78, 5) is 0. The van der Waals surface area contributed by atoms with Crippen LogP contribution < -0.4 is 61.4 Å². The van der Waals surface area contributed by atoms with E-state index in [1.807, 2.05) is 6.92 Å². The molecule has 0 bridgehead atoms. The first-order valence-corrected chi connectivity index (χ1v) is 5.33. The molecule has 0 heterocycles. The van der Waals surface area contributed by atoms with Gasteiger partial charge in [0, 0.05) is 5.69 Å². The summed E-state index contributed by atoms with van der Waals surface area (Å²) in [5, 5.41) is 20.2. The Bertz CT molecular complexity index is 484. The average Bonchev–Trinajstić information content (AvgIpc) is 2.33. The number of anilines is 1. The number of hydrogen-bond donors (Lipinski definition) is 1. The van der Waals surface area contributed by atoms with Gasteiger partial charge in [-0.25, -0.2) is 0 Å². The van der Waals surface area contributed by atoms with Crippen LogP contribution in [0.1, 0.15) is 6.92 Å². The second kappa shape index (κ2) is 9.34. The van der Waals surface area contributed by atoms with Crippen LogP contribution in [0.4, 0.5) is 5.69 Å². The number of nitriles is 2. The van der Waals surface area contributed by atoms with Gasteiger partial charge in [-0.3, -0.25) is 0 Å². The van der Waals surface area contributed by atoms with Crippen LogP contribution in [0.2, 0.25) is 0 Å². The first kappa shape index (κ1) is 17.4. The Hall–Kier alpha value is -0.604. The summed E-state index contributed by atoms with van der Waals surface area (Å²) in [6.45, 7) is 2.51. The summed E-state index contributed by atoms with van der Waals surface area (Å²) in [5.41, 5.74) is 0.607. The Morgan fingerprint density at radius 1 is 1.28 bits per heavy atom. The van der Waals surface area contributed by atoms with Crippen LogP contribution in [0.3, 0.4) is 0 Å². The number of benzene rings is 1. The molecule has 1 N–H and O–H groups in total. The van der Waals surface area contributed by atoms with Gasteiger partial charge in [0.15, 0.2) is 0 Å². The molecule has 0 aliphatic heterocycles. The van der Waals surface area contributed by atoms with E-state index in [0.29, 0.717) is 12.3 Å². The minimum Gasteiger partial charge on any atom is -0.760 e.